The third-order valence-corrected chi connectivity index (χ3v) is 6.54. The molecule has 160 valence electrons. The lowest BCUT2D eigenvalue weighted by atomic mass is 9.92. The molecular formula is C24H25N3O4. The van der Waals surface area contributed by atoms with E-state index in [1.165, 1.54) is 0 Å². The van der Waals surface area contributed by atoms with Crippen LogP contribution in [0.5, 0.6) is 5.75 Å². The summed E-state index contributed by atoms with van der Waals surface area (Å²) in [6, 6.07) is 15.0. The van der Waals surface area contributed by atoms with Gasteiger partial charge in [0.1, 0.15) is 17.8 Å². The molecule has 4 amide bonds. The minimum Gasteiger partial charge on any atom is -0.497 e. The highest BCUT2D eigenvalue weighted by Crippen LogP contribution is 2.41. The molecule has 2 fully saturated rings. The van der Waals surface area contributed by atoms with E-state index in [1.807, 2.05) is 48.5 Å². The second kappa shape index (κ2) is 7.41. The van der Waals surface area contributed by atoms with Gasteiger partial charge in [0, 0.05) is 12.6 Å². The highest BCUT2D eigenvalue weighted by molar-refractivity contribution is 6.10. The van der Waals surface area contributed by atoms with Crippen molar-refractivity contribution >= 4 is 17.8 Å². The number of aryl methyl sites for hydroxylation is 1. The van der Waals surface area contributed by atoms with Crippen molar-refractivity contribution in [3.63, 3.8) is 0 Å². The number of nitrogens with one attached hydrogen (secondary N) is 1. The maximum absolute atomic E-state index is 13.3. The van der Waals surface area contributed by atoms with Gasteiger partial charge < -0.3 is 15.0 Å². The SMILES string of the molecule is COc1ccc(CN(C(=O)CN2C(=O)NC3(CCc4ccccc43)C2=O)C2CC2)cc1. The van der Waals surface area contributed by atoms with Crippen molar-refractivity contribution in [1.82, 2.24) is 15.1 Å². The molecule has 1 aliphatic heterocycles. The number of urea groups is 1. The van der Waals surface area contributed by atoms with Gasteiger partial charge in [-0.15, -0.1) is 0 Å². The molecule has 0 radical (unpaired) electrons. The zero-order valence-corrected chi connectivity index (χ0v) is 17.5. The largest absolute Gasteiger partial charge is 0.497 e. The van der Waals surface area contributed by atoms with Crippen LogP contribution in [0.3, 0.4) is 0 Å². The predicted molar refractivity (Wildman–Crippen MR) is 113 cm³/mol. The number of benzene rings is 2. The number of amides is 4. The normalized spacial score (nSPS) is 21.9. The number of nitrogens with zero attached hydrogens (tertiary/aromatic N) is 2. The molecule has 5 rings (SSSR count). The van der Waals surface area contributed by atoms with Gasteiger partial charge in [0.2, 0.25) is 5.91 Å². The van der Waals surface area contributed by atoms with Gasteiger partial charge in [0.05, 0.1) is 7.11 Å². The van der Waals surface area contributed by atoms with E-state index < -0.39 is 11.6 Å². The number of hydrogen-bond donors (Lipinski definition) is 1. The lowest BCUT2D eigenvalue weighted by molar-refractivity contribution is -0.139. The molecule has 1 saturated carbocycles. The lowest BCUT2D eigenvalue weighted by Gasteiger charge is -2.25. The van der Waals surface area contributed by atoms with Gasteiger partial charge in [-0.05, 0) is 54.5 Å². The zero-order chi connectivity index (χ0) is 21.6. The molecule has 2 aromatic rings. The maximum Gasteiger partial charge on any atom is 0.325 e. The third-order valence-electron chi connectivity index (χ3n) is 6.54. The fourth-order valence-electron chi connectivity index (χ4n) is 4.69. The van der Waals surface area contributed by atoms with E-state index in [9.17, 15) is 14.4 Å². The minimum atomic E-state index is -1.03. The van der Waals surface area contributed by atoms with Gasteiger partial charge in [0.25, 0.3) is 5.91 Å². The van der Waals surface area contributed by atoms with Gasteiger partial charge in [-0.25, -0.2) is 4.79 Å². The van der Waals surface area contributed by atoms with Crippen molar-refractivity contribution in [2.24, 2.45) is 0 Å². The molecule has 0 bridgehead atoms. The Bertz CT molecular complexity index is 1050. The Balaban J connectivity index is 1.33. The monoisotopic (exact) mass is 419 g/mol. The highest BCUT2D eigenvalue weighted by atomic mass is 16.5. The Hall–Kier alpha value is -3.35. The average molecular weight is 419 g/mol. The van der Waals surface area contributed by atoms with Crippen molar-refractivity contribution in [1.29, 1.82) is 0 Å². The number of methoxy groups -OCH3 is 1. The van der Waals surface area contributed by atoms with Crippen LogP contribution in [0, 0.1) is 0 Å². The minimum absolute atomic E-state index is 0.163. The first-order valence-corrected chi connectivity index (χ1v) is 10.7. The van der Waals surface area contributed by atoms with E-state index in [4.69, 9.17) is 4.74 Å². The fourth-order valence-corrected chi connectivity index (χ4v) is 4.69. The summed E-state index contributed by atoms with van der Waals surface area (Å²) in [5, 5.41) is 2.89. The molecule has 3 aliphatic rings. The molecule has 1 unspecified atom stereocenters. The van der Waals surface area contributed by atoms with Crippen LogP contribution >= 0.6 is 0 Å². The number of carbonyl (C=O) groups excluding carboxylic acids is 3. The molecule has 1 atom stereocenters. The Morgan fingerprint density at radius 3 is 2.61 bits per heavy atom. The number of rotatable bonds is 6. The van der Waals surface area contributed by atoms with Crippen LogP contribution < -0.4 is 10.1 Å². The number of hydrogen-bond acceptors (Lipinski definition) is 4. The summed E-state index contributed by atoms with van der Waals surface area (Å²) >= 11 is 0. The fraction of sp³-hybridized carbons (Fsp3) is 0.375. The first kappa shape index (κ1) is 19.6. The van der Waals surface area contributed by atoms with Crippen molar-refractivity contribution < 1.29 is 19.1 Å². The molecule has 2 aliphatic carbocycles. The van der Waals surface area contributed by atoms with Crippen molar-refractivity contribution in [3.05, 3.63) is 65.2 Å². The standard InChI is InChI=1S/C24H25N3O4/c1-31-19-10-6-16(7-11-19)14-26(18-8-9-18)21(28)15-27-22(29)24(25-23(27)30)13-12-17-4-2-3-5-20(17)24/h2-7,10-11,18H,8-9,12-15H2,1H3,(H,25,30). The van der Waals surface area contributed by atoms with Crippen LogP contribution in [0.15, 0.2) is 48.5 Å². The van der Waals surface area contributed by atoms with Gasteiger partial charge in [0.15, 0.2) is 0 Å². The smallest absolute Gasteiger partial charge is 0.325 e. The summed E-state index contributed by atoms with van der Waals surface area (Å²) in [5.74, 6) is 0.232. The van der Waals surface area contributed by atoms with E-state index >= 15 is 0 Å². The van der Waals surface area contributed by atoms with E-state index in [2.05, 4.69) is 5.32 Å². The molecule has 1 heterocycles. The summed E-state index contributed by atoms with van der Waals surface area (Å²) in [6.07, 6.45) is 3.15. The third kappa shape index (κ3) is 3.34. The number of ether oxygens (including phenoxy) is 1. The van der Waals surface area contributed by atoms with Crippen LogP contribution in [0.4, 0.5) is 4.79 Å². The number of imide groups is 1. The number of fused-ring (bicyclic) bond motifs is 2. The lowest BCUT2D eigenvalue weighted by Crippen LogP contribution is -2.45. The highest BCUT2D eigenvalue weighted by Gasteiger charge is 2.55. The van der Waals surface area contributed by atoms with Gasteiger partial charge in [-0.3, -0.25) is 14.5 Å². The Labute approximate surface area is 181 Å². The first-order valence-electron chi connectivity index (χ1n) is 10.7. The summed E-state index contributed by atoms with van der Waals surface area (Å²) in [7, 11) is 1.61. The van der Waals surface area contributed by atoms with E-state index in [0.717, 1.165) is 46.6 Å². The first-order chi connectivity index (χ1) is 15.0. The second-order valence-electron chi connectivity index (χ2n) is 8.48. The van der Waals surface area contributed by atoms with Gasteiger partial charge in [-0.2, -0.15) is 0 Å². The molecule has 1 N–H and O–H groups in total. The Morgan fingerprint density at radius 1 is 1.16 bits per heavy atom. The summed E-state index contributed by atoms with van der Waals surface area (Å²) in [6.45, 7) is 0.215. The molecule has 1 saturated heterocycles. The van der Waals surface area contributed by atoms with Crippen LogP contribution in [0.2, 0.25) is 0 Å². The van der Waals surface area contributed by atoms with E-state index in [0.29, 0.717) is 13.0 Å². The molecule has 31 heavy (non-hydrogen) atoms. The topological polar surface area (TPSA) is 79.0 Å². The summed E-state index contributed by atoms with van der Waals surface area (Å²) in [5.41, 5.74) is 1.87. The van der Waals surface area contributed by atoms with Crippen LogP contribution in [-0.4, -0.2) is 47.3 Å². The maximum atomic E-state index is 13.3. The molecule has 2 aromatic carbocycles. The summed E-state index contributed by atoms with van der Waals surface area (Å²) in [4.78, 5) is 42.1. The number of carbonyl (C=O) groups is 3. The quantitative estimate of drug-likeness (QED) is 0.730. The van der Waals surface area contributed by atoms with Crippen LogP contribution in [0.1, 0.15) is 36.0 Å². The molecule has 0 aromatic heterocycles. The molecular weight excluding hydrogens is 394 g/mol. The summed E-state index contributed by atoms with van der Waals surface area (Å²) < 4.78 is 5.20. The molecule has 7 nitrogen and oxygen atoms in total. The average Bonchev–Trinajstić information content (AvgIpc) is 3.53. The van der Waals surface area contributed by atoms with E-state index in [-0.39, 0.29) is 24.4 Å². The van der Waals surface area contributed by atoms with E-state index in [1.54, 1.807) is 12.0 Å². The van der Waals surface area contributed by atoms with Crippen molar-refractivity contribution in [2.45, 2.75) is 43.8 Å². The Morgan fingerprint density at radius 2 is 1.90 bits per heavy atom. The molecule has 1 spiro atoms. The van der Waals surface area contributed by atoms with Crippen LogP contribution in [-0.2, 0) is 28.1 Å². The van der Waals surface area contributed by atoms with Crippen LogP contribution in [0.25, 0.3) is 0 Å². The molecule has 7 heteroatoms. The second-order valence-corrected chi connectivity index (χ2v) is 8.48. The van der Waals surface area contributed by atoms with Gasteiger partial charge >= 0.3 is 6.03 Å². The Kier molecular flexibility index (Phi) is 4.68. The zero-order valence-electron chi connectivity index (χ0n) is 17.5. The van der Waals surface area contributed by atoms with Crippen molar-refractivity contribution in [2.75, 3.05) is 13.7 Å². The van der Waals surface area contributed by atoms with Gasteiger partial charge in [-0.1, -0.05) is 36.4 Å². The predicted octanol–water partition coefficient (Wildman–Crippen LogP) is 2.58. The van der Waals surface area contributed by atoms with Crippen molar-refractivity contribution in [3.8, 4) is 5.75 Å².